The number of rotatable bonds is 6. The fourth-order valence-corrected chi connectivity index (χ4v) is 2.78. The maximum Gasteiger partial charge on any atom is 0.131 e. The van der Waals surface area contributed by atoms with Crippen molar-refractivity contribution in [2.45, 2.75) is 26.7 Å². The van der Waals surface area contributed by atoms with E-state index in [9.17, 15) is 0 Å². The maximum absolute atomic E-state index is 6.25. The van der Waals surface area contributed by atoms with Crippen LogP contribution in [0.2, 0.25) is 0 Å². The quantitative estimate of drug-likeness (QED) is 0.647. The van der Waals surface area contributed by atoms with Gasteiger partial charge in [-0.1, -0.05) is 13.8 Å². The van der Waals surface area contributed by atoms with Crippen LogP contribution in [-0.2, 0) is 12.8 Å². The van der Waals surface area contributed by atoms with Gasteiger partial charge in [0.25, 0.3) is 0 Å². The summed E-state index contributed by atoms with van der Waals surface area (Å²) in [7, 11) is 5.73. The lowest BCUT2D eigenvalue weighted by Gasteiger charge is -2.14. The van der Waals surface area contributed by atoms with Gasteiger partial charge in [0.1, 0.15) is 11.6 Å². The molecule has 4 heteroatoms. The highest BCUT2D eigenvalue weighted by Gasteiger charge is 2.11. The molecule has 4 nitrogen and oxygen atoms in total. The molecule has 2 N–H and O–H groups in total. The van der Waals surface area contributed by atoms with E-state index < -0.39 is 0 Å². The summed E-state index contributed by atoms with van der Waals surface area (Å²) in [5, 5.41) is 0. The van der Waals surface area contributed by atoms with Crippen LogP contribution in [0.1, 0.15) is 30.5 Å². The molecule has 2 aromatic rings. The number of anilines is 1. The van der Waals surface area contributed by atoms with Gasteiger partial charge in [-0.15, -0.1) is 0 Å². The third kappa shape index (κ3) is 3.88. The fraction of sp³-hybridized carbons (Fsp3) is 0.350. The zero-order valence-corrected chi connectivity index (χ0v) is 15.3. The normalized spacial score (nSPS) is 11.5. The van der Waals surface area contributed by atoms with Crippen molar-refractivity contribution < 1.29 is 4.74 Å². The van der Waals surface area contributed by atoms with Crippen LogP contribution >= 0.6 is 0 Å². The summed E-state index contributed by atoms with van der Waals surface area (Å²) in [5.41, 5.74) is 11.6. The van der Waals surface area contributed by atoms with E-state index in [-0.39, 0.29) is 0 Å². The molecule has 0 aliphatic rings. The molecule has 0 aliphatic carbocycles. The number of hydrogen-bond acceptors (Lipinski definition) is 3. The molecule has 0 atom stereocenters. The standard InChI is InChI=1S/C20H27N3O/c1-6-14-12-15(13-19(24-5)18(14)7-2)20(21)22-16-8-10-17(11-9-16)23(3)4/h8-13H,6-7H2,1-5H3,(H2,21,22). The van der Waals surface area contributed by atoms with Gasteiger partial charge >= 0.3 is 0 Å². The first-order chi connectivity index (χ1) is 11.5. The van der Waals surface area contributed by atoms with E-state index in [1.807, 2.05) is 44.4 Å². The van der Waals surface area contributed by atoms with Gasteiger partial charge in [0, 0.05) is 25.3 Å². The third-order valence-corrected chi connectivity index (χ3v) is 4.17. The van der Waals surface area contributed by atoms with Gasteiger partial charge in [0.15, 0.2) is 0 Å². The lowest BCUT2D eigenvalue weighted by atomic mass is 9.98. The molecule has 0 fully saturated rings. The number of methoxy groups -OCH3 is 1. The van der Waals surface area contributed by atoms with Gasteiger partial charge in [-0.25, -0.2) is 4.99 Å². The van der Waals surface area contributed by atoms with E-state index in [1.54, 1.807) is 7.11 Å². The highest BCUT2D eigenvalue weighted by molar-refractivity contribution is 5.99. The van der Waals surface area contributed by atoms with Crippen molar-refractivity contribution in [1.29, 1.82) is 0 Å². The molecule has 2 rings (SSSR count). The molecule has 0 spiro atoms. The average molecular weight is 325 g/mol. The van der Waals surface area contributed by atoms with Crippen LogP contribution in [0.3, 0.4) is 0 Å². The predicted octanol–water partition coefficient (Wildman–Crippen LogP) is 3.92. The number of amidine groups is 1. The fourth-order valence-electron chi connectivity index (χ4n) is 2.78. The number of aryl methyl sites for hydroxylation is 1. The summed E-state index contributed by atoms with van der Waals surface area (Å²) in [5.74, 6) is 1.39. The van der Waals surface area contributed by atoms with E-state index in [0.29, 0.717) is 5.84 Å². The molecule has 0 aliphatic heterocycles. The van der Waals surface area contributed by atoms with Crippen LogP contribution in [0.4, 0.5) is 11.4 Å². The van der Waals surface area contributed by atoms with Gasteiger partial charge in [0.2, 0.25) is 0 Å². The number of aliphatic imine (C=N–C) groups is 1. The van der Waals surface area contributed by atoms with Crippen molar-refractivity contribution >= 4 is 17.2 Å². The second kappa shape index (κ2) is 7.86. The third-order valence-electron chi connectivity index (χ3n) is 4.17. The van der Waals surface area contributed by atoms with Crippen LogP contribution in [0.15, 0.2) is 41.4 Å². The largest absolute Gasteiger partial charge is 0.496 e. The minimum atomic E-state index is 0.503. The van der Waals surface area contributed by atoms with E-state index in [4.69, 9.17) is 10.5 Å². The molecular formula is C20H27N3O. The lowest BCUT2D eigenvalue weighted by molar-refractivity contribution is 0.409. The summed E-state index contributed by atoms with van der Waals surface area (Å²) in [6.07, 6.45) is 1.88. The number of nitrogens with zero attached hydrogens (tertiary/aromatic N) is 2. The first-order valence-electron chi connectivity index (χ1n) is 8.31. The van der Waals surface area contributed by atoms with Gasteiger partial charge < -0.3 is 15.4 Å². The lowest BCUT2D eigenvalue weighted by Crippen LogP contribution is -2.14. The Bertz CT molecular complexity index is 693. The summed E-state index contributed by atoms with van der Waals surface area (Å²) in [6.45, 7) is 4.28. The van der Waals surface area contributed by atoms with Crippen molar-refractivity contribution in [3.05, 3.63) is 53.1 Å². The molecule has 0 bridgehead atoms. The number of hydrogen-bond donors (Lipinski definition) is 1. The Morgan fingerprint density at radius 3 is 2.25 bits per heavy atom. The Hall–Kier alpha value is -2.49. The first-order valence-corrected chi connectivity index (χ1v) is 8.31. The van der Waals surface area contributed by atoms with Crippen LogP contribution in [0, 0.1) is 0 Å². The topological polar surface area (TPSA) is 50.8 Å². The second-order valence-electron chi connectivity index (χ2n) is 5.93. The second-order valence-corrected chi connectivity index (χ2v) is 5.93. The van der Waals surface area contributed by atoms with Crippen LogP contribution < -0.4 is 15.4 Å². The molecule has 128 valence electrons. The average Bonchev–Trinajstić information content (AvgIpc) is 2.60. The number of benzene rings is 2. The van der Waals surface area contributed by atoms with E-state index >= 15 is 0 Å². The van der Waals surface area contributed by atoms with Crippen molar-refractivity contribution in [2.24, 2.45) is 10.7 Å². The zero-order chi connectivity index (χ0) is 17.7. The van der Waals surface area contributed by atoms with E-state index in [0.717, 1.165) is 35.5 Å². The van der Waals surface area contributed by atoms with E-state index in [1.165, 1.54) is 11.1 Å². The molecule has 0 unspecified atom stereocenters. The molecule has 0 radical (unpaired) electrons. The Kier molecular flexibility index (Phi) is 5.85. The molecule has 0 saturated heterocycles. The minimum absolute atomic E-state index is 0.503. The van der Waals surface area contributed by atoms with Gasteiger partial charge in [-0.2, -0.15) is 0 Å². The van der Waals surface area contributed by atoms with Gasteiger partial charge in [-0.05, 0) is 60.4 Å². The highest BCUT2D eigenvalue weighted by Crippen LogP contribution is 2.26. The highest BCUT2D eigenvalue weighted by atomic mass is 16.5. The van der Waals surface area contributed by atoms with E-state index in [2.05, 4.69) is 29.8 Å². The Balaban J connectivity index is 2.39. The molecule has 0 saturated carbocycles. The van der Waals surface area contributed by atoms with Gasteiger partial charge in [-0.3, -0.25) is 0 Å². The molecule has 0 heterocycles. The van der Waals surface area contributed by atoms with Crippen LogP contribution in [-0.4, -0.2) is 27.0 Å². The molecule has 24 heavy (non-hydrogen) atoms. The van der Waals surface area contributed by atoms with Gasteiger partial charge in [0.05, 0.1) is 12.8 Å². The molecule has 0 amide bonds. The molecule has 2 aromatic carbocycles. The number of ether oxygens (including phenoxy) is 1. The SMILES string of the molecule is CCc1cc(C(N)=Nc2ccc(N(C)C)cc2)cc(OC)c1CC. The molecular weight excluding hydrogens is 298 g/mol. The Morgan fingerprint density at radius 2 is 1.75 bits per heavy atom. The van der Waals surface area contributed by atoms with Crippen molar-refractivity contribution in [2.75, 3.05) is 26.1 Å². The maximum atomic E-state index is 6.25. The zero-order valence-electron chi connectivity index (χ0n) is 15.3. The predicted molar refractivity (Wildman–Crippen MR) is 103 cm³/mol. The van der Waals surface area contributed by atoms with Crippen molar-refractivity contribution in [1.82, 2.24) is 0 Å². The van der Waals surface area contributed by atoms with Crippen molar-refractivity contribution in [3.63, 3.8) is 0 Å². The van der Waals surface area contributed by atoms with Crippen molar-refractivity contribution in [3.8, 4) is 5.75 Å². The Morgan fingerprint density at radius 1 is 1.08 bits per heavy atom. The molecule has 0 aromatic heterocycles. The van der Waals surface area contributed by atoms with Crippen LogP contribution in [0.5, 0.6) is 5.75 Å². The summed E-state index contributed by atoms with van der Waals surface area (Å²) in [6, 6.07) is 12.1. The summed E-state index contributed by atoms with van der Waals surface area (Å²) < 4.78 is 5.55. The monoisotopic (exact) mass is 325 g/mol. The van der Waals surface area contributed by atoms with Crippen LogP contribution in [0.25, 0.3) is 0 Å². The Labute approximate surface area is 145 Å². The number of nitrogens with two attached hydrogens (primary N) is 1. The smallest absolute Gasteiger partial charge is 0.131 e. The summed E-state index contributed by atoms with van der Waals surface area (Å²) in [4.78, 5) is 6.61. The first kappa shape index (κ1) is 17.9. The minimum Gasteiger partial charge on any atom is -0.496 e. The summed E-state index contributed by atoms with van der Waals surface area (Å²) >= 11 is 0.